The normalized spacial score (nSPS) is 17.8. The van der Waals surface area contributed by atoms with Crippen LogP contribution in [0.15, 0.2) is 18.7 Å². The molecule has 0 saturated carbocycles. The molecule has 3 aromatic heterocycles. The number of ether oxygens (including phenoxy) is 3. The Morgan fingerprint density at radius 1 is 1.11 bits per heavy atom. The number of rotatable bonds is 9. The predicted molar refractivity (Wildman–Crippen MR) is 126 cm³/mol. The Morgan fingerprint density at radius 2 is 1.77 bits per heavy atom. The fourth-order valence-electron chi connectivity index (χ4n) is 3.90. The van der Waals surface area contributed by atoms with Crippen LogP contribution in [-0.4, -0.2) is 75.8 Å². The van der Waals surface area contributed by atoms with E-state index in [0.29, 0.717) is 42.0 Å². The molecular formula is C21H26ClN7O5S. The van der Waals surface area contributed by atoms with Crippen molar-refractivity contribution >= 4 is 21.4 Å². The number of halogens is 1. The molecule has 14 heteroatoms. The van der Waals surface area contributed by atoms with Crippen LogP contribution >= 0.6 is 11.6 Å². The maximum absolute atomic E-state index is 13.5. The van der Waals surface area contributed by atoms with Gasteiger partial charge in [-0.3, -0.25) is 4.57 Å². The van der Waals surface area contributed by atoms with E-state index in [1.807, 2.05) is 0 Å². The second-order valence-electron chi connectivity index (χ2n) is 8.17. The van der Waals surface area contributed by atoms with Gasteiger partial charge in [-0.15, -0.1) is 10.2 Å². The van der Waals surface area contributed by atoms with Gasteiger partial charge in [-0.2, -0.15) is 9.97 Å². The Labute approximate surface area is 208 Å². The second kappa shape index (κ2) is 10.4. The molecule has 0 radical (unpaired) electrons. The highest BCUT2D eigenvalue weighted by Crippen LogP contribution is 2.35. The van der Waals surface area contributed by atoms with Gasteiger partial charge in [0.2, 0.25) is 11.8 Å². The SMILES string of the molecule is COc1ncnc(OC)c1-n1c(CS(=O)(=O)[C@@H](C)[C@H](C)c2ncc(Cl)cn2)nnc1[C@@H]1CCOC1. The third kappa shape index (κ3) is 5.07. The van der Waals surface area contributed by atoms with E-state index in [-0.39, 0.29) is 23.5 Å². The van der Waals surface area contributed by atoms with E-state index in [1.165, 1.54) is 32.9 Å². The van der Waals surface area contributed by atoms with Crippen molar-refractivity contribution in [2.75, 3.05) is 27.4 Å². The van der Waals surface area contributed by atoms with E-state index < -0.39 is 26.8 Å². The Hall–Kier alpha value is -2.90. The molecule has 12 nitrogen and oxygen atoms in total. The summed E-state index contributed by atoms with van der Waals surface area (Å²) in [5.74, 6) is 0.532. The van der Waals surface area contributed by atoms with Crippen molar-refractivity contribution in [1.82, 2.24) is 34.7 Å². The minimum atomic E-state index is -3.74. The first-order valence-corrected chi connectivity index (χ1v) is 13.0. The summed E-state index contributed by atoms with van der Waals surface area (Å²) in [6.07, 6.45) is 4.90. The molecule has 4 rings (SSSR count). The van der Waals surface area contributed by atoms with Crippen LogP contribution in [0.4, 0.5) is 0 Å². The van der Waals surface area contributed by atoms with Gasteiger partial charge >= 0.3 is 0 Å². The number of aromatic nitrogens is 7. The van der Waals surface area contributed by atoms with E-state index in [2.05, 4.69) is 30.1 Å². The smallest absolute Gasteiger partial charge is 0.245 e. The van der Waals surface area contributed by atoms with Crippen molar-refractivity contribution in [3.63, 3.8) is 0 Å². The minimum absolute atomic E-state index is 0.0904. The van der Waals surface area contributed by atoms with Gasteiger partial charge in [0, 0.05) is 30.8 Å². The molecule has 0 unspecified atom stereocenters. The van der Waals surface area contributed by atoms with Gasteiger partial charge in [-0.1, -0.05) is 18.5 Å². The quantitative estimate of drug-likeness (QED) is 0.406. The maximum atomic E-state index is 13.5. The molecule has 0 bridgehead atoms. The second-order valence-corrected chi connectivity index (χ2v) is 11.0. The summed E-state index contributed by atoms with van der Waals surface area (Å²) in [5.41, 5.74) is 0.330. The summed E-state index contributed by atoms with van der Waals surface area (Å²) in [6, 6.07) is 0. The first-order valence-electron chi connectivity index (χ1n) is 10.9. The third-order valence-corrected chi connectivity index (χ3v) is 8.46. The lowest BCUT2D eigenvalue weighted by Gasteiger charge is -2.20. The molecule has 4 heterocycles. The van der Waals surface area contributed by atoms with Gasteiger partial charge in [0.1, 0.15) is 23.7 Å². The lowest BCUT2D eigenvalue weighted by molar-refractivity contribution is 0.193. The molecule has 35 heavy (non-hydrogen) atoms. The van der Waals surface area contributed by atoms with Crippen LogP contribution in [0.3, 0.4) is 0 Å². The van der Waals surface area contributed by atoms with Crippen molar-refractivity contribution in [3.8, 4) is 17.4 Å². The molecule has 0 aliphatic carbocycles. The highest BCUT2D eigenvalue weighted by molar-refractivity contribution is 7.91. The molecule has 0 aromatic carbocycles. The first-order chi connectivity index (χ1) is 16.8. The van der Waals surface area contributed by atoms with Crippen LogP contribution in [0, 0.1) is 0 Å². The summed E-state index contributed by atoms with van der Waals surface area (Å²) in [6.45, 7) is 4.39. The van der Waals surface area contributed by atoms with Crippen LogP contribution in [0.25, 0.3) is 5.69 Å². The molecule has 1 aliphatic heterocycles. The van der Waals surface area contributed by atoms with Gasteiger partial charge in [0.15, 0.2) is 21.3 Å². The average Bonchev–Trinajstić information content (AvgIpc) is 3.52. The first kappa shape index (κ1) is 25.2. The Bertz CT molecular complexity index is 1260. The van der Waals surface area contributed by atoms with Gasteiger partial charge < -0.3 is 14.2 Å². The summed E-state index contributed by atoms with van der Waals surface area (Å²) < 4.78 is 45.1. The monoisotopic (exact) mass is 523 g/mol. The third-order valence-electron chi connectivity index (χ3n) is 6.06. The van der Waals surface area contributed by atoms with Crippen molar-refractivity contribution < 1.29 is 22.6 Å². The van der Waals surface area contributed by atoms with Crippen molar-refractivity contribution in [2.45, 2.75) is 43.1 Å². The summed E-state index contributed by atoms with van der Waals surface area (Å²) in [7, 11) is -0.823. The molecule has 188 valence electrons. The van der Waals surface area contributed by atoms with E-state index in [0.717, 1.165) is 0 Å². The zero-order chi connectivity index (χ0) is 25.2. The largest absolute Gasteiger partial charge is 0.479 e. The summed E-state index contributed by atoms with van der Waals surface area (Å²) >= 11 is 5.87. The van der Waals surface area contributed by atoms with E-state index in [9.17, 15) is 8.42 Å². The van der Waals surface area contributed by atoms with Crippen LogP contribution < -0.4 is 9.47 Å². The number of nitrogens with zero attached hydrogens (tertiary/aromatic N) is 7. The average molecular weight is 524 g/mol. The summed E-state index contributed by atoms with van der Waals surface area (Å²) in [4.78, 5) is 16.7. The fraction of sp³-hybridized carbons (Fsp3) is 0.524. The predicted octanol–water partition coefficient (Wildman–Crippen LogP) is 2.13. The van der Waals surface area contributed by atoms with Crippen LogP contribution in [0.1, 0.15) is 49.6 Å². The van der Waals surface area contributed by atoms with Crippen molar-refractivity contribution in [2.24, 2.45) is 0 Å². The van der Waals surface area contributed by atoms with Crippen LogP contribution in [-0.2, 0) is 20.3 Å². The minimum Gasteiger partial charge on any atom is -0.479 e. The molecule has 3 atom stereocenters. The molecule has 1 saturated heterocycles. The Morgan fingerprint density at radius 3 is 2.34 bits per heavy atom. The highest BCUT2D eigenvalue weighted by atomic mass is 35.5. The summed E-state index contributed by atoms with van der Waals surface area (Å²) in [5, 5.41) is 8.17. The lowest BCUT2D eigenvalue weighted by atomic mass is 10.1. The molecule has 0 N–H and O–H groups in total. The number of sulfone groups is 1. The van der Waals surface area contributed by atoms with E-state index in [4.69, 9.17) is 25.8 Å². The Balaban J connectivity index is 1.76. The maximum Gasteiger partial charge on any atom is 0.245 e. The molecular weight excluding hydrogens is 498 g/mol. The lowest BCUT2D eigenvalue weighted by Crippen LogP contribution is -2.27. The molecule has 1 aliphatic rings. The van der Waals surface area contributed by atoms with Crippen molar-refractivity contribution in [3.05, 3.63) is 41.2 Å². The van der Waals surface area contributed by atoms with E-state index in [1.54, 1.807) is 18.4 Å². The van der Waals surface area contributed by atoms with Crippen LogP contribution in [0.5, 0.6) is 11.8 Å². The van der Waals surface area contributed by atoms with Crippen LogP contribution in [0.2, 0.25) is 5.02 Å². The number of methoxy groups -OCH3 is 2. The van der Waals surface area contributed by atoms with Gasteiger partial charge in [-0.05, 0) is 13.3 Å². The zero-order valence-corrected chi connectivity index (χ0v) is 21.3. The fourth-order valence-corrected chi connectivity index (χ4v) is 5.55. The number of hydrogen-bond donors (Lipinski definition) is 0. The highest BCUT2D eigenvalue weighted by Gasteiger charge is 2.35. The molecule has 0 spiro atoms. The zero-order valence-electron chi connectivity index (χ0n) is 19.8. The standard InChI is InChI=1S/C21H26ClN7O5S/c1-12(18-23-7-15(22)8-24-18)13(2)35(30,31)10-16-27-28-19(14-5-6-34-9-14)29(16)17-20(32-3)25-11-26-21(17)33-4/h7-8,11-14H,5-6,9-10H2,1-4H3/t12-,13-,14+/m0/s1. The molecule has 3 aromatic rings. The molecule has 1 fully saturated rings. The van der Waals surface area contributed by atoms with Gasteiger partial charge in [-0.25, -0.2) is 18.4 Å². The van der Waals surface area contributed by atoms with Gasteiger partial charge in [0.05, 0.1) is 31.1 Å². The molecule has 0 amide bonds. The van der Waals surface area contributed by atoms with Crippen molar-refractivity contribution in [1.29, 1.82) is 0 Å². The topological polar surface area (TPSA) is 144 Å². The van der Waals surface area contributed by atoms with E-state index >= 15 is 0 Å². The number of hydrogen-bond acceptors (Lipinski definition) is 11. The Kier molecular flexibility index (Phi) is 7.47. The van der Waals surface area contributed by atoms with Gasteiger partial charge in [0.25, 0.3) is 0 Å².